The van der Waals surface area contributed by atoms with Crippen LogP contribution < -0.4 is 5.73 Å². The molecule has 0 rings (SSSR count). The van der Waals surface area contributed by atoms with Gasteiger partial charge in [0.25, 0.3) is 0 Å². The number of hydrogen-bond acceptors (Lipinski definition) is 2. The van der Waals surface area contributed by atoms with Crippen LogP contribution in [0.3, 0.4) is 0 Å². The summed E-state index contributed by atoms with van der Waals surface area (Å²) in [5.74, 6) is -0.0210. The lowest BCUT2D eigenvalue weighted by atomic mass is 9.92. The van der Waals surface area contributed by atoms with Crippen LogP contribution >= 0.6 is 0 Å². The number of nitrogens with zero attached hydrogens (tertiary/aromatic N) is 1. The third-order valence-corrected chi connectivity index (χ3v) is 2.67. The number of hydrogen-bond donors (Lipinski definition) is 1. The predicted octanol–water partition coefficient (Wildman–Crippen LogP) is 1.70. The van der Waals surface area contributed by atoms with E-state index < -0.39 is 5.54 Å². The van der Waals surface area contributed by atoms with Gasteiger partial charge in [0.2, 0.25) is 5.91 Å². The summed E-state index contributed by atoms with van der Waals surface area (Å²) >= 11 is 0. The highest BCUT2D eigenvalue weighted by Gasteiger charge is 2.32. The lowest BCUT2D eigenvalue weighted by Crippen LogP contribution is -2.54. The second-order valence-corrected chi connectivity index (χ2v) is 3.65. The molecule has 2 N–H and O–H groups in total. The fourth-order valence-electron chi connectivity index (χ4n) is 1.42. The van der Waals surface area contributed by atoms with E-state index in [0.29, 0.717) is 25.9 Å². The van der Waals surface area contributed by atoms with Crippen molar-refractivity contribution < 1.29 is 4.79 Å². The molecule has 0 aromatic rings. The van der Waals surface area contributed by atoms with Crippen LogP contribution in [-0.4, -0.2) is 29.4 Å². The smallest absolute Gasteiger partial charge is 0.243 e. The van der Waals surface area contributed by atoms with Crippen molar-refractivity contribution in [3.05, 3.63) is 25.3 Å². The number of rotatable bonds is 7. The highest BCUT2D eigenvalue weighted by molar-refractivity contribution is 5.86. The normalized spacial score (nSPS) is 10.9. The first-order chi connectivity index (χ1) is 7.05. The summed E-state index contributed by atoms with van der Waals surface area (Å²) in [4.78, 5) is 13.8. The topological polar surface area (TPSA) is 46.3 Å². The van der Waals surface area contributed by atoms with Gasteiger partial charge < -0.3 is 10.6 Å². The monoisotopic (exact) mass is 210 g/mol. The van der Waals surface area contributed by atoms with Gasteiger partial charge >= 0.3 is 0 Å². The van der Waals surface area contributed by atoms with Crippen LogP contribution in [0.4, 0.5) is 0 Å². The summed E-state index contributed by atoms with van der Waals surface area (Å²) < 4.78 is 0. The molecule has 1 amide bonds. The second kappa shape index (κ2) is 6.40. The molecule has 0 unspecified atom stereocenters. The summed E-state index contributed by atoms with van der Waals surface area (Å²) in [5, 5.41) is 0. The van der Waals surface area contributed by atoms with Crippen molar-refractivity contribution in [2.24, 2.45) is 5.73 Å². The quantitative estimate of drug-likeness (QED) is 0.650. The Balaban J connectivity index is 4.73. The van der Waals surface area contributed by atoms with Crippen molar-refractivity contribution in [3.63, 3.8) is 0 Å². The van der Waals surface area contributed by atoms with E-state index in [1.165, 1.54) is 0 Å². The van der Waals surface area contributed by atoms with Gasteiger partial charge in [0.05, 0.1) is 5.54 Å². The number of carbonyl (C=O) groups excluding carboxylic acids is 1. The molecule has 86 valence electrons. The van der Waals surface area contributed by atoms with Crippen molar-refractivity contribution in [1.29, 1.82) is 0 Å². The molecule has 0 aliphatic heterocycles. The highest BCUT2D eigenvalue weighted by atomic mass is 16.2. The maximum Gasteiger partial charge on any atom is 0.243 e. The minimum absolute atomic E-state index is 0.0210. The van der Waals surface area contributed by atoms with Gasteiger partial charge in [-0.25, -0.2) is 0 Å². The Kier molecular flexibility index (Phi) is 5.94. The molecule has 0 atom stereocenters. The minimum atomic E-state index is -0.744. The number of carbonyl (C=O) groups is 1. The van der Waals surface area contributed by atoms with Gasteiger partial charge in [-0.3, -0.25) is 4.79 Å². The van der Waals surface area contributed by atoms with Gasteiger partial charge in [-0.15, -0.1) is 13.2 Å². The minimum Gasteiger partial charge on any atom is -0.334 e. The lowest BCUT2D eigenvalue weighted by Gasteiger charge is -2.31. The second-order valence-electron chi connectivity index (χ2n) is 3.65. The van der Waals surface area contributed by atoms with E-state index in [9.17, 15) is 4.79 Å². The highest BCUT2D eigenvalue weighted by Crippen LogP contribution is 2.15. The predicted molar refractivity (Wildman–Crippen MR) is 64.5 cm³/mol. The third-order valence-electron chi connectivity index (χ3n) is 2.67. The number of nitrogens with two attached hydrogens (primary N) is 1. The van der Waals surface area contributed by atoms with Crippen LogP contribution in [0.25, 0.3) is 0 Å². The van der Waals surface area contributed by atoms with E-state index in [2.05, 4.69) is 13.2 Å². The van der Waals surface area contributed by atoms with Crippen LogP contribution in [0.1, 0.15) is 26.7 Å². The molecule has 0 aliphatic rings. The van der Waals surface area contributed by atoms with Gasteiger partial charge in [-0.05, 0) is 12.8 Å². The first kappa shape index (κ1) is 13.9. The molecule has 0 aromatic heterocycles. The van der Waals surface area contributed by atoms with Crippen molar-refractivity contribution in [2.75, 3.05) is 13.1 Å². The van der Waals surface area contributed by atoms with Gasteiger partial charge in [0.1, 0.15) is 0 Å². The molecule has 0 saturated carbocycles. The van der Waals surface area contributed by atoms with E-state index in [-0.39, 0.29) is 5.91 Å². The molecular formula is C12H22N2O. The lowest BCUT2D eigenvalue weighted by molar-refractivity contribution is -0.136. The van der Waals surface area contributed by atoms with E-state index in [1.807, 2.05) is 13.8 Å². The van der Waals surface area contributed by atoms with E-state index in [1.54, 1.807) is 17.1 Å². The summed E-state index contributed by atoms with van der Waals surface area (Å²) in [5.41, 5.74) is 5.30. The van der Waals surface area contributed by atoms with Gasteiger partial charge in [0.15, 0.2) is 0 Å². The van der Waals surface area contributed by atoms with Gasteiger partial charge in [-0.2, -0.15) is 0 Å². The Morgan fingerprint density at radius 1 is 1.27 bits per heavy atom. The molecule has 0 saturated heterocycles. The maximum atomic E-state index is 12.1. The Hall–Kier alpha value is -1.09. The fraction of sp³-hybridized carbons (Fsp3) is 0.583. The largest absolute Gasteiger partial charge is 0.334 e. The van der Waals surface area contributed by atoms with Crippen molar-refractivity contribution in [2.45, 2.75) is 32.2 Å². The summed E-state index contributed by atoms with van der Waals surface area (Å²) in [6, 6.07) is 0. The van der Waals surface area contributed by atoms with E-state index in [0.717, 1.165) is 0 Å². The number of amides is 1. The van der Waals surface area contributed by atoms with Crippen LogP contribution in [0, 0.1) is 0 Å². The van der Waals surface area contributed by atoms with Crippen LogP contribution in [0.2, 0.25) is 0 Å². The van der Waals surface area contributed by atoms with Crippen molar-refractivity contribution >= 4 is 5.91 Å². The average molecular weight is 210 g/mol. The molecule has 0 aromatic carbocycles. The van der Waals surface area contributed by atoms with Crippen LogP contribution in [0.5, 0.6) is 0 Å². The molecule has 0 heterocycles. The molecule has 0 aliphatic carbocycles. The summed E-state index contributed by atoms with van der Waals surface area (Å²) in [7, 11) is 0. The van der Waals surface area contributed by atoms with E-state index >= 15 is 0 Å². The van der Waals surface area contributed by atoms with Crippen LogP contribution in [-0.2, 0) is 4.79 Å². The van der Waals surface area contributed by atoms with Crippen LogP contribution in [0.15, 0.2) is 25.3 Å². The fourth-order valence-corrected chi connectivity index (χ4v) is 1.42. The van der Waals surface area contributed by atoms with E-state index in [4.69, 9.17) is 5.73 Å². The molecule has 0 fully saturated rings. The van der Waals surface area contributed by atoms with Crippen molar-refractivity contribution in [1.82, 2.24) is 4.90 Å². The Morgan fingerprint density at radius 3 is 1.93 bits per heavy atom. The average Bonchev–Trinajstić information content (AvgIpc) is 2.26. The first-order valence-corrected chi connectivity index (χ1v) is 5.35. The van der Waals surface area contributed by atoms with Crippen molar-refractivity contribution in [3.8, 4) is 0 Å². The Labute approximate surface area is 92.6 Å². The zero-order valence-corrected chi connectivity index (χ0v) is 9.83. The molecule has 0 spiro atoms. The molecule has 15 heavy (non-hydrogen) atoms. The molecule has 0 bridgehead atoms. The first-order valence-electron chi connectivity index (χ1n) is 5.35. The maximum absolute atomic E-state index is 12.1. The third kappa shape index (κ3) is 3.51. The zero-order chi connectivity index (χ0) is 11.9. The molecule has 0 radical (unpaired) electrons. The molecular weight excluding hydrogens is 188 g/mol. The Morgan fingerprint density at radius 2 is 1.67 bits per heavy atom. The summed E-state index contributed by atoms with van der Waals surface area (Å²) in [6.07, 6.45) is 4.69. The molecule has 3 heteroatoms. The standard InChI is InChI=1S/C12H22N2O/c1-5-9-14(10-6-2)11(15)12(13,7-3)8-4/h5-6H,1-2,7-10,13H2,3-4H3. The van der Waals surface area contributed by atoms with Gasteiger partial charge in [0, 0.05) is 13.1 Å². The zero-order valence-electron chi connectivity index (χ0n) is 9.83. The summed E-state index contributed by atoms with van der Waals surface area (Å²) in [6.45, 7) is 12.2. The molecule has 3 nitrogen and oxygen atoms in total. The van der Waals surface area contributed by atoms with Gasteiger partial charge in [-0.1, -0.05) is 26.0 Å². The SMILES string of the molecule is C=CCN(CC=C)C(=O)C(N)(CC)CC. The Bertz CT molecular complexity index is 222.